The Hall–Kier alpha value is -9.98. The van der Waals surface area contributed by atoms with E-state index in [0.29, 0.717) is 48.1 Å². The third-order valence-corrected chi connectivity index (χ3v) is 18.9. The third-order valence-electron chi connectivity index (χ3n) is 18.9. The lowest BCUT2D eigenvalue weighted by Gasteiger charge is -2.36. The summed E-state index contributed by atoms with van der Waals surface area (Å²) in [6.07, 6.45) is 7.58. The summed E-state index contributed by atoms with van der Waals surface area (Å²) in [5.74, 6) is -3.17. The molecule has 11 rings (SSSR count). The van der Waals surface area contributed by atoms with Gasteiger partial charge < -0.3 is 35.8 Å². The number of carbonyl (C=O) groups excluding carboxylic acids is 7. The maximum absolute atomic E-state index is 12.9. The first-order chi connectivity index (χ1) is 52.1. The number of rotatable bonds is 17. The van der Waals surface area contributed by atoms with E-state index in [1.165, 1.54) is 150 Å². The fourth-order valence-corrected chi connectivity index (χ4v) is 13.4. The summed E-state index contributed by atoms with van der Waals surface area (Å²) < 4.78 is 88.6. The summed E-state index contributed by atoms with van der Waals surface area (Å²) in [4.78, 5) is 80.8. The van der Waals surface area contributed by atoms with Gasteiger partial charge in [-0.25, -0.2) is 30.7 Å². The first-order valence-electron chi connectivity index (χ1n) is 35.9. The number of nitrogens with one attached hydrogen (secondary N) is 2. The Kier molecular flexibility index (Phi) is 43.4. The predicted octanol–water partition coefficient (Wildman–Crippen LogP) is 14.7. The van der Waals surface area contributed by atoms with Gasteiger partial charge in [-0.05, 0) is 248 Å². The highest BCUT2D eigenvalue weighted by Crippen LogP contribution is 2.36. The van der Waals surface area contributed by atoms with Crippen LogP contribution in [-0.4, -0.2) is 146 Å². The fraction of sp³-hybridized carbons (Fsp3) is 0.391. The molecule has 0 bridgehead atoms. The summed E-state index contributed by atoms with van der Waals surface area (Å²) in [6.45, 7) is 13.8. The second kappa shape index (κ2) is 50.7. The van der Waals surface area contributed by atoms with Gasteiger partial charge in [0, 0.05) is 93.6 Å². The maximum atomic E-state index is 12.9. The molecule has 4 aliphatic heterocycles. The number of aliphatic hydroxyl groups excluding tert-OH is 3. The second-order valence-electron chi connectivity index (χ2n) is 27.2. The van der Waals surface area contributed by atoms with Crippen molar-refractivity contribution in [2.24, 2.45) is 29.6 Å². The van der Waals surface area contributed by atoms with Crippen molar-refractivity contribution in [1.82, 2.24) is 20.4 Å². The normalized spacial score (nSPS) is 19.4. The first kappa shape index (κ1) is 94.2. The summed E-state index contributed by atoms with van der Waals surface area (Å²) in [7, 11) is 4.15. The van der Waals surface area contributed by atoms with Crippen molar-refractivity contribution in [3.05, 3.63) is 256 Å². The summed E-state index contributed by atoms with van der Waals surface area (Å²) in [5.41, 5.74) is 6.23. The molecule has 7 aromatic carbocycles. The maximum Gasteiger partial charge on any atom is 0.231 e. The van der Waals surface area contributed by atoms with Gasteiger partial charge in [0.05, 0.1) is 24.5 Å². The van der Waals surface area contributed by atoms with Crippen molar-refractivity contribution in [3.63, 3.8) is 0 Å². The van der Waals surface area contributed by atoms with Crippen molar-refractivity contribution < 1.29 is 79.6 Å². The quantitative estimate of drug-likeness (QED) is 0.0246. The zero-order valence-electron chi connectivity index (χ0n) is 62.6. The number of halogens is 7. The number of nitrogens with zero attached hydrogens (tertiary/aromatic N) is 4. The Bertz CT molecular complexity index is 3950. The highest BCUT2D eigenvalue weighted by atomic mass is 19.2. The molecule has 0 saturated carbocycles. The van der Waals surface area contributed by atoms with Crippen LogP contribution in [0, 0.1) is 93.0 Å². The molecule has 0 aromatic heterocycles. The number of benzene rings is 7. The molecule has 16 nitrogen and oxygen atoms in total. The lowest BCUT2D eigenvalue weighted by Crippen LogP contribution is -2.44. The van der Waals surface area contributed by atoms with Crippen LogP contribution in [-0.2, 0) is 28.8 Å². The Morgan fingerprint density at radius 1 is 0.500 bits per heavy atom. The standard InChI is InChI=1S/C14H14FNO2.C13H14FNO2.2C13H18FNO.C12H16FNO.C9H6FN.C7H5FO.C5H8O2.CH4/c1-9(17)14(10(2)18)13(7-8-16)11-3-5-12(15)6-4-11;1-8(16)12-11(6-7-15-13(12)17)9-2-4-10(14)5-3-9;2*1-15-7-6-13(11(8-15)9-16)10-2-4-12(14)5-3-10;13-11-3-1-9(2-4-11)12-5-6-14-7-10(12)8-15;10-9-5-3-8(4-6-9)2-1-7-11;8-7-3-1-6(5-9)2-4-7;1-4(6)3-5(2)7;/h3-6,13-14H,7H2,1-2H3;2-5,11-12H,6-7H2,1H3,(H,15,17);2*2-5,11,13,16H,6-9H2,1H3;1-4,10,12,14-15H,5-8H2;1-6H;1-5H;3H2,1-2H3;1H4/b;;;;;2-1+;;;/t;;11-,13-;;;;;;/m..0....../s1. The predicted molar refractivity (Wildman–Crippen MR) is 412 cm³/mol. The number of Topliss-reactive ketones (excluding diaryl/α,β-unsaturated/α-hetero) is 5. The largest absolute Gasteiger partial charge is 0.396 e. The number of piperidine rings is 4. The Morgan fingerprint density at radius 3 is 1.17 bits per heavy atom. The third kappa shape index (κ3) is 33.5. The van der Waals surface area contributed by atoms with Crippen molar-refractivity contribution in [3.8, 4) is 12.1 Å². The van der Waals surface area contributed by atoms with E-state index in [0.717, 1.165) is 86.3 Å². The molecule has 7 aromatic rings. The van der Waals surface area contributed by atoms with Crippen LogP contribution in [0.25, 0.3) is 6.08 Å². The minimum absolute atomic E-state index is 0. The summed E-state index contributed by atoms with van der Waals surface area (Å²) in [6, 6.07) is 46.7. The SMILES string of the molecule is C.CC(=O)C(C(C)=O)C(CC#N)c1ccc(F)cc1.CC(=O)C1C(=O)NCCC1c1ccc(F)cc1.CC(=O)CC(C)=O.CN1CCC(c2ccc(F)cc2)C(CO)C1.CN1CC[C@@H](c2ccc(F)cc2)[C@H](CO)C1.N#C/C=C/c1ccc(F)cc1.O=Cc1ccc(F)cc1.OCC1CNCCC1c1ccc(F)cc1. The number of allylic oxidation sites excluding steroid dienone is 1. The van der Waals surface area contributed by atoms with Crippen LogP contribution in [0.4, 0.5) is 30.7 Å². The van der Waals surface area contributed by atoms with Crippen molar-refractivity contribution >= 4 is 47.2 Å². The van der Waals surface area contributed by atoms with E-state index in [4.69, 9.17) is 10.5 Å². The van der Waals surface area contributed by atoms with Crippen molar-refractivity contribution in [1.29, 1.82) is 10.5 Å². The number of likely N-dealkylation sites (tertiary alicyclic amines) is 2. The topological polar surface area (TPSA) is 258 Å². The lowest BCUT2D eigenvalue weighted by atomic mass is 9.79. The number of nitriles is 2. The van der Waals surface area contributed by atoms with Crippen molar-refractivity contribution in [2.45, 2.75) is 110 Å². The van der Waals surface area contributed by atoms with Gasteiger partial charge in [0.1, 0.15) is 81.8 Å². The highest BCUT2D eigenvalue weighted by molar-refractivity contribution is 6.02. The van der Waals surface area contributed by atoms with E-state index >= 15 is 0 Å². The number of hydrogen-bond donors (Lipinski definition) is 5. The van der Waals surface area contributed by atoms with Gasteiger partial charge in [-0.3, -0.25) is 33.6 Å². The second-order valence-corrected chi connectivity index (χ2v) is 27.2. The molecule has 4 aliphatic rings. The van der Waals surface area contributed by atoms with Crippen LogP contribution < -0.4 is 10.6 Å². The molecule has 1 amide bonds. The molecule has 590 valence electrons. The molecule has 4 fully saturated rings. The average molecular weight is 1530 g/mol. The number of aliphatic hydroxyl groups is 3. The number of carbonyl (C=O) groups is 7. The minimum atomic E-state index is -0.838. The van der Waals surface area contributed by atoms with Gasteiger partial charge in [0.25, 0.3) is 0 Å². The van der Waals surface area contributed by atoms with Crippen LogP contribution >= 0.6 is 0 Å². The number of aldehydes is 1. The smallest absolute Gasteiger partial charge is 0.231 e. The van der Waals surface area contributed by atoms with Crippen LogP contribution in [0.2, 0.25) is 0 Å². The molecular weight excluding hydrogens is 1420 g/mol. The zero-order chi connectivity index (χ0) is 80.5. The monoisotopic (exact) mass is 1520 g/mol. The van der Waals surface area contributed by atoms with Gasteiger partial charge in [0.15, 0.2) is 0 Å². The molecule has 0 aliphatic carbocycles. The van der Waals surface area contributed by atoms with Crippen LogP contribution in [0.5, 0.6) is 0 Å². The molecule has 23 heteroatoms. The van der Waals surface area contributed by atoms with Crippen molar-refractivity contribution in [2.75, 3.05) is 79.7 Å². The van der Waals surface area contributed by atoms with Gasteiger partial charge in [-0.15, -0.1) is 0 Å². The highest BCUT2D eigenvalue weighted by Gasteiger charge is 2.37. The first-order valence-corrected chi connectivity index (χ1v) is 35.9. The van der Waals surface area contributed by atoms with Gasteiger partial charge >= 0.3 is 0 Å². The average Bonchev–Trinajstić information content (AvgIpc) is 0.457. The molecule has 9 atom stereocenters. The van der Waals surface area contributed by atoms with Gasteiger partial charge in [-0.1, -0.05) is 80.2 Å². The van der Waals surface area contributed by atoms with E-state index < -0.39 is 23.6 Å². The van der Waals surface area contributed by atoms with E-state index in [-0.39, 0.29) is 133 Å². The van der Waals surface area contributed by atoms with E-state index in [9.17, 15) is 79.6 Å². The van der Waals surface area contributed by atoms with Gasteiger partial charge in [0.2, 0.25) is 5.91 Å². The molecule has 0 spiro atoms. The Labute approximate surface area is 642 Å². The number of ketones is 5. The fourth-order valence-electron chi connectivity index (χ4n) is 13.4. The molecule has 4 heterocycles. The Morgan fingerprint density at radius 2 is 0.845 bits per heavy atom. The lowest BCUT2D eigenvalue weighted by molar-refractivity contribution is -0.136. The summed E-state index contributed by atoms with van der Waals surface area (Å²) in [5, 5.41) is 51.0. The molecule has 0 radical (unpaired) electrons. The van der Waals surface area contributed by atoms with E-state index in [1.807, 2.05) is 48.5 Å². The van der Waals surface area contributed by atoms with Crippen LogP contribution in [0.15, 0.2) is 176 Å². The van der Waals surface area contributed by atoms with Crippen LogP contribution in [0.3, 0.4) is 0 Å². The minimum Gasteiger partial charge on any atom is -0.396 e. The molecule has 7 unspecified atom stereocenters. The van der Waals surface area contributed by atoms with Crippen LogP contribution in [0.1, 0.15) is 154 Å². The van der Waals surface area contributed by atoms with E-state index in [1.54, 1.807) is 30.3 Å². The number of hydrogen-bond acceptors (Lipinski definition) is 15. The van der Waals surface area contributed by atoms with E-state index in [2.05, 4.69) is 34.5 Å². The summed E-state index contributed by atoms with van der Waals surface area (Å²) >= 11 is 0. The van der Waals surface area contributed by atoms with Gasteiger partial charge in [-0.2, -0.15) is 10.5 Å². The molecular formula is C87H103F7N6O10. The number of amides is 1. The Balaban J connectivity index is 0.000000330. The molecule has 110 heavy (non-hydrogen) atoms. The molecule has 4 saturated heterocycles. The zero-order valence-corrected chi connectivity index (χ0v) is 62.6. The molecule has 5 N–H and O–H groups in total.